The van der Waals surface area contributed by atoms with Gasteiger partial charge in [0, 0.05) is 11.6 Å². The van der Waals surface area contributed by atoms with Crippen LogP contribution in [0, 0.1) is 0 Å². The minimum absolute atomic E-state index is 0. The molecule has 0 aliphatic rings. The Labute approximate surface area is 81.1 Å². The smallest absolute Gasteiger partial charge is 0.248 e. The Balaban J connectivity index is 0.000000720. The van der Waals surface area contributed by atoms with Crippen LogP contribution in [0.5, 0.6) is 0 Å². The van der Waals surface area contributed by atoms with Gasteiger partial charge in [0.1, 0.15) is 0 Å². The molecular formula is C9H10ClNO2. The quantitative estimate of drug-likeness (QED) is 0.679. The molecule has 0 atom stereocenters. The Morgan fingerprint density at radius 2 is 1.69 bits per heavy atom. The third kappa shape index (κ3) is 2.31. The molecule has 0 aliphatic carbocycles. The molecule has 0 amide bonds. The lowest BCUT2D eigenvalue weighted by Crippen LogP contribution is -2.01. The zero-order chi connectivity index (χ0) is 7.68. The van der Waals surface area contributed by atoms with Crippen molar-refractivity contribution in [3.63, 3.8) is 0 Å². The fourth-order valence-electron chi connectivity index (χ4n) is 1.10. The molecule has 1 heterocycles. The molecule has 13 heavy (non-hydrogen) atoms. The van der Waals surface area contributed by atoms with Gasteiger partial charge in [-0.25, -0.2) is 0 Å². The number of halogens is 1. The zero-order valence-electron chi connectivity index (χ0n) is 6.78. The van der Waals surface area contributed by atoms with E-state index < -0.39 is 0 Å². The van der Waals surface area contributed by atoms with Gasteiger partial charge in [0.25, 0.3) is 0 Å². The lowest BCUT2D eigenvalue weighted by atomic mass is 10.2. The maximum Gasteiger partial charge on any atom is 0.248 e. The van der Waals surface area contributed by atoms with Gasteiger partial charge in [-0.2, -0.15) is 0 Å². The molecule has 4 heteroatoms. The number of rotatable bonds is 0. The van der Waals surface area contributed by atoms with Crippen LogP contribution in [0.15, 0.2) is 41.2 Å². The molecule has 3 N–H and O–H groups in total. The van der Waals surface area contributed by atoms with Gasteiger partial charge in [0.15, 0.2) is 0 Å². The molecule has 2 aromatic rings. The third-order valence-corrected chi connectivity index (χ3v) is 1.63. The van der Waals surface area contributed by atoms with Gasteiger partial charge in [-0.15, -0.1) is 12.4 Å². The topological polar surface area (TPSA) is 64.4 Å². The van der Waals surface area contributed by atoms with Gasteiger partial charge in [-0.1, -0.05) is 18.2 Å². The maximum absolute atomic E-state index is 10.8. The Morgan fingerprint density at radius 3 is 2.46 bits per heavy atom. The van der Waals surface area contributed by atoms with Crippen LogP contribution in [0.4, 0.5) is 0 Å². The fourth-order valence-corrected chi connectivity index (χ4v) is 1.10. The maximum atomic E-state index is 10.8. The Hall–Kier alpha value is -1.32. The van der Waals surface area contributed by atoms with Crippen molar-refractivity contribution in [2.75, 3.05) is 0 Å². The van der Waals surface area contributed by atoms with Crippen LogP contribution < -0.4 is 5.56 Å². The molecule has 0 bridgehead atoms. The summed E-state index contributed by atoms with van der Waals surface area (Å²) in [4.78, 5) is 13.6. The SMILES string of the molecule is Cl.O.O=c1ccc2ccccc2[nH]1. The summed E-state index contributed by atoms with van der Waals surface area (Å²) in [6.45, 7) is 0. The van der Waals surface area contributed by atoms with Gasteiger partial charge in [-0.05, 0) is 17.5 Å². The van der Waals surface area contributed by atoms with E-state index in [2.05, 4.69) is 4.98 Å². The first-order valence-corrected chi connectivity index (χ1v) is 3.44. The molecule has 0 aliphatic heterocycles. The molecular weight excluding hydrogens is 190 g/mol. The minimum Gasteiger partial charge on any atom is -0.412 e. The predicted octanol–water partition coefficient (Wildman–Crippen LogP) is 1.13. The van der Waals surface area contributed by atoms with E-state index in [4.69, 9.17) is 0 Å². The Kier molecular flexibility index (Phi) is 4.17. The number of pyridine rings is 1. The molecule has 1 aromatic heterocycles. The van der Waals surface area contributed by atoms with Crippen molar-refractivity contribution >= 4 is 23.3 Å². The van der Waals surface area contributed by atoms with Crippen LogP contribution in [0.3, 0.4) is 0 Å². The van der Waals surface area contributed by atoms with Crippen LogP contribution in [0.25, 0.3) is 10.9 Å². The van der Waals surface area contributed by atoms with Crippen LogP contribution in [0.1, 0.15) is 0 Å². The number of benzene rings is 1. The molecule has 0 radical (unpaired) electrons. The summed E-state index contributed by atoms with van der Waals surface area (Å²) in [6.07, 6.45) is 0. The second kappa shape index (κ2) is 4.64. The fraction of sp³-hybridized carbons (Fsp3) is 0. The molecule has 0 saturated heterocycles. The molecule has 1 aromatic carbocycles. The number of nitrogens with one attached hydrogen (secondary N) is 1. The summed E-state index contributed by atoms with van der Waals surface area (Å²) in [5.74, 6) is 0. The molecule has 2 rings (SSSR count). The highest BCUT2D eigenvalue weighted by Crippen LogP contribution is 2.06. The average Bonchev–Trinajstić information content (AvgIpc) is 2.04. The van der Waals surface area contributed by atoms with E-state index in [0.29, 0.717) is 0 Å². The Bertz CT molecular complexity index is 439. The highest BCUT2D eigenvalue weighted by Gasteiger charge is 1.89. The molecule has 3 nitrogen and oxygen atoms in total. The van der Waals surface area contributed by atoms with Crippen molar-refractivity contribution in [3.8, 4) is 0 Å². The predicted molar refractivity (Wildman–Crippen MR) is 55.4 cm³/mol. The normalized spacial score (nSPS) is 8.62. The van der Waals surface area contributed by atoms with E-state index >= 15 is 0 Å². The van der Waals surface area contributed by atoms with E-state index in [0.717, 1.165) is 10.9 Å². The minimum atomic E-state index is -0.0521. The number of hydrogen-bond donors (Lipinski definition) is 1. The summed E-state index contributed by atoms with van der Waals surface area (Å²) >= 11 is 0. The van der Waals surface area contributed by atoms with Gasteiger partial charge < -0.3 is 10.5 Å². The van der Waals surface area contributed by atoms with Crippen molar-refractivity contribution in [3.05, 3.63) is 46.8 Å². The highest BCUT2D eigenvalue weighted by molar-refractivity contribution is 5.85. The summed E-state index contributed by atoms with van der Waals surface area (Å²) < 4.78 is 0. The second-order valence-corrected chi connectivity index (χ2v) is 2.41. The van der Waals surface area contributed by atoms with Crippen LogP contribution >= 0.6 is 12.4 Å². The first-order chi connectivity index (χ1) is 5.36. The number of aromatic nitrogens is 1. The van der Waals surface area contributed by atoms with Gasteiger partial charge >= 0.3 is 0 Å². The number of fused-ring (bicyclic) bond motifs is 1. The number of para-hydroxylation sites is 1. The van der Waals surface area contributed by atoms with E-state index in [9.17, 15) is 4.79 Å². The lowest BCUT2D eigenvalue weighted by molar-refractivity contribution is 0.824. The van der Waals surface area contributed by atoms with Crippen LogP contribution in [-0.4, -0.2) is 10.5 Å². The van der Waals surface area contributed by atoms with Gasteiger partial charge in [0.2, 0.25) is 5.56 Å². The van der Waals surface area contributed by atoms with E-state index in [1.165, 1.54) is 6.07 Å². The lowest BCUT2D eigenvalue weighted by Gasteiger charge is -1.93. The number of aromatic amines is 1. The summed E-state index contributed by atoms with van der Waals surface area (Å²) in [6, 6.07) is 11.0. The number of H-pyrrole nitrogens is 1. The average molecular weight is 200 g/mol. The first kappa shape index (κ1) is 11.7. The van der Waals surface area contributed by atoms with Crippen molar-refractivity contribution in [1.82, 2.24) is 4.98 Å². The zero-order valence-corrected chi connectivity index (χ0v) is 7.60. The van der Waals surface area contributed by atoms with Crippen molar-refractivity contribution in [1.29, 1.82) is 0 Å². The van der Waals surface area contributed by atoms with Crippen LogP contribution in [0.2, 0.25) is 0 Å². The van der Waals surface area contributed by atoms with E-state index in [1.807, 2.05) is 30.3 Å². The van der Waals surface area contributed by atoms with E-state index in [1.54, 1.807) is 0 Å². The summed E-state index contributed by atoms with van der Waals surface area (Å²) in [5.41, 5.74) is 0.837. The monoisotopic (exact) mass is 199 g/mol. The van der Waals surface area contributed by atoms with Crippen LogP contribution in [-0.2, 0) is 0 Å². The number of hydrogen-bond acceptors (Lipinski definition) is 1. The molecule has 70 valence electrons. The highest BCUT2D eigenvalue weighted by atomic mass is 35.5. The summed E-state index contributed by atoms with van der Waals surface area (Å²) in [5, 5.41) is 1.06. The first-order valence-electron chi connectivity index (χ1n) is 3.44. The van der Waals surface area contributed by atoms with Crippen molar-refractivity contribution in [2.45, 2.75) is 0 Å². The summed E-state index contributed by atoms with van der Waals surface area (Å²) in [7, 11) is 0. The third-order valence-electron chi connectivity index (χ3n) is 1.63. The van der Waals surface area contributed by atoms with Crippen molar-refractivity contribution < 1.29 is 5.48 Å². The molecule has 0 unspecified atom stereocenters. The largest absolute Gasteiger partial charge is 0.412 e. The molecule has 0 fully saturated rings. The molecule has 0 spiro atoms. The van der Waals surface area contributed by atoms with Gasteiger partial charge in [0.05, 0.1) is 0 Å². The molecule has 0 saturated carbocycles. The Morgan fingerprint density at radius 1 is 1.00 bits per heavy atom. The second-order valence-electron chi connectivity index (χ2n) is 2.41. The standard InChI is InChI=1S/C9H7NO.ClH.H2O/c11-9-6-5-7-3-1-2-4-8(7)10-9;;/h1-6H,(H,10,11);1H;1H2. The van der Waals surface area contributed by atoms with Gasteiger partial charge in [-0.3, -0.25) is 4.79 Å². The van der Waals surface area contributed by atoms with E-state index in [-0.39, 0.29) is 23.4 Å². The van der Waals surface area contributed by atoms with Crippen molar-refractivity contribution in [2.24, 2.45) is 0 Å².